The van der Waals surface area contributed by atoms with Crippen molar-refractivity contribution in [3.63, 3.8) is 0 Å². The zero-order valence-corrected chi connectivity index (χ0v) is 8.09. The second-order valence-electron chi connectivity index (χ2n) is 2.27. The van der Waals surface area contributed by atoms with Crippen LogP contribution in [-0.2, 0) is 20.7 Å². The summed E-state index contributed by atoms with van der Waals surface area (Å²) in [6.45, 7) is 0. The Labute approximate surface area is 77.2 Å². The number of rotatable bonds is 2. The van der Waals surface area contributed by atoms with Crippen LogP contribution in [0.2, 0.25) is 0 Å². The maximum Gasteiger partial charge on any atom is 0.239 e. The SMILES string of the molecule is NS(=O)(=O)c1ccccc1[SH](=O)=O. The number of hydrogen-bond donors (Lipinski definition) is 2. The molecule has 0 atom stereocenters. The Morgan fingerprint density at radius 1 is 1.15 bits per heavy atom. The van der Waals surface area contributed by atoms with E-state index in [4.69, 9.17) is 5.14 Å². The van der Waals surface area contributed by atoms with Crippen molar-refractivity contribution < 1.29 is 16.8 Å². The summed E-state index contributed by atoms with van der Waals surface area (Å²) in [6, 6.07) is 5.17. The van der Waals surface area contributed by atoms with Gasteiger partial charge in [-0.3, -0.25) is 0 Å². The van der Waals surface area contributed by atoms with E-state index in [0.29, 0.717) is 0 Å². The van der Waals surface area contributed by atoms with E-state index in [2.05, 4.69) is 0 Å². The molecule has 0 spiro atoms. The molecule has 0 heterocycles. The van der Waals surface area contributed by atoms with E-state index >= 15 is 0 Å². The number of hydrogen-bond acceptors (Lipinski definition) is 4. The fourth-order valence-electron chi connectivity index (χ4n) is 0.849. The third-order valence-electron chi connectivity index (χ3n) is 1.37. The van der Waals surface area contributed by atoms with Crippen molar-refractivity contribution in [3.05, 3.63) is 24.3 Å². The Balaban J connectivity index is 3.55. The summed E-state index contributed by atoms with van der Waals surface area (Å²) < 4.78 is 42.9. The van der Waals surface area contributed by atoms with Gasteiger partial charge in [0.1, 0.15) is 4.90 Å². The van der Waals surface area contributed by atoms with Crippen molar-refractivity contribution in [3.8, 4) is 0 Å². The van der Waals surface area contributed by atoms with Gasteiger partial charge in [0.05, 0.1) is 4.90 Å². The average molecular weight is 221 g/mol. The van der Waals surface area contributed by atoms with Crippen LogP contribution < -0.4 is 5.14 Å². The quantitative estimate of drug-likeness (QED) is 0.646. The van der Waals surface area contributed by atoms with Gasteiger partial charge in [-0.1, -0.05) is 12.1 Å². The number of nitrogens with two attached hydrogens (primary N) is 1. The predicted molar refractivity (Wildman–Crippen MR) is 46.4 cm³/mol. The summed E-state index contributed by atoms with van der Waals surface area (Å²) in [6.07, 6.45) is 0. The van der Waals surface area contributed by atoms with Crippen molar-refractivity contribution in [2.24, 2.45) is 5.14 Å². The first-order valence-corrected chi connectivity index (χ1v) is 5.91. The molecule has 0 radical (unpaired) electrons. The van der Waals surface area contributed by atoms with Gasteiger partial charge in [-0.2, -0.15) is 0 Å². The molecular formula is C6H7NO4S2. The van der Waals surface area contributed by atoms with Crippen LogP contribution in [0, 0.1) is 0 Å². The molecule has 0 fully saturated rings. The van der Waals surface area contributed by atoms with Crippen LogP contribution in [0.15, 0.2) is 34.1 Å². The molecule has 0 saturated carbocycles. The Bertz CT molecular complexity index is 481. The molecule has 5 nitrogen and oxygen atoms in total. The van der Waals surface area contributed by atoms with E-state index in [0.717, 1.165) is 6.07 Å². The van der Waals surface area contributed by atoms with Gasteiger partial charge in [0, 0.05) is 0 Å². The van der Waals surface area contributed by atoms with Gasteiger partial charge in [-0.15, -0.1) is 0 Å². The monoisotopic (exact) mass is 221 g/mol. The number of sulfonamides is 1. The molecule has 0 amide bonds. The van der Waals surface area contributed by atoms with Gasteiger partial charge >= 0.3 is 0 Å². The molecule has 0 aliphatic heterocycles. The highest BCUT2D eigenvalue weighted by Crippen LogP contribution is 2.14. The Kier molecular flexibility index (Phi) is 2.69. The molecule has 13 heavy (non-hydrogen) atoms. The lowest BCUT2D eigenvalue weighted by Crippen LogP contribution is -2.13. The fraction of sp³-hybridized carbons (Fsp3) is 0. The smallest absolute Gasteiger partial charge is 0.227 e. The molecule has 0 unspecified atom stereocenters. The minimum Gasteiger partial charge on any atom is -0.227 e. The summed E-state index contributed by atoms with van der Waals surface area (Å²) in [4.78, 5) is -0.647. The lowest BCUT2D eigenvalue weighted by molar-refractivity contribution is 0.590. The zero-order valence-electron chi connectivity index (χ0n) is 6.38. The summed E-state index contributed by atoms with van der Waals surface area (Å²) in [5.74, 6) is 0. The first kappa shape index (κ1) is 10.2. The molecule has 0 saturated heterocycles. The van der Waals surface area contributed by atoms with Gasteiger partial charge in [0.25, 0.3) is 0 Å². The van der Waals surface area contributed by atoms with Gasteiger partial charge in [0.15, 0.2) is 10.7 Å². The maximum absolute atomic E-state index is 10.9. The Morgan fingerprint density at radius 3 is 2.08 bits per heavy atom. The van der Waals surface area contributed by atoms with Crippen LogP contribution in [-0.4, -0.2) is 16.8 Å². The summed E-state index contributed by atoms with van der Waals surface area (Å²) >= 11 is 0. The van der Waals surface area contributed by atoms with Gasteiger partial charge < -0.3 is 0 Å². The minimum atomic E-state index is -3.96. The average Bonchev–Trinajstić information content (AvgIpc) is 2.03. The summed E-state index contributed by atoms with van der Waals surface area (Å²) in [7, 11) is -6.90. The van der Waals surface area contributed by atoms with E-state index in [1.165, 1.54) is 18.2 Å². The minimum absolute atomic E-state index is 0.278. The highest BCUT2D eigenvalue weighted by atomic mass is 32.2. The highest BCUT2D eigenvalue weighted by Gasteiger charge is 2.13. The zero-order chi connectivity index (χ0) is 10.1. The molecule has 1 aromatic carbocycles. The number of thiol groups is 1. The lowest BCUT2D eigenvalue weighted by Gasteiger charge is -1.99. The molecular weight excluding hydrogens is 214 g/mol. The fourth-order valence-corrected chi connectivity index (χ4v) is 2.54. The van der Waals surface area contributed by atoms with Gasteiger partial charge in [-0.05, 0) is 12.1 Å². The molecule has 0 aromatic heterocycles. The van der Waals surface area contributed by atoms with Crippen LogP contribution in [0.1, 0.15) is 0 Å². The normalized spacial score (nSPS) is 11.8. The molecule has 1 aromatic rings. The predicted octanol–water partition coefficient (Wildman–Crippen LogP) is -0.696. The molecule has 0 bridgehead atoms. The maximum atomic E-state index is 10.9. The second-order valence-corrected chi connectivity index (χ2v) is 4.80. The first-order chi connectivity index (χ1) is 5.93. The molecule has 0 aliphatic carbocycles. The molecule has 1 rings (SSSR count). The van der Waals surface area contributed by atoms with Crippen LogP contribution in [0.25, 0.3) is 0 Å². The number of benzene rings is 1. The largest absolute Gasteiger partial charge is 0.239 e. The molecule has 0 aliphatic rings. The summed E-state index contributed by atoms with van der Waals surface area (Å²) in [5, 5.41) is 4.80. The highest BCUT2D eigenvalue weighted by molar-refractivity contribution is 7.89. The van der Waals surface area contributed by atoms with E-state index in [-0.39, 0.29) is 9.79 Å². The van der Waals surface area contributed by atoms with Crippen LogP contribution in [0.3, 0.4) is 0 Å². The van der Waals surface area contributed by atoms with Crippen molar-refractivity contribution in [1.29, 1.82) is 0 Å². The van der Waals surface area contributed by atoms with Gasteiger partial charge in [-0.25, -0.2) is 22.0 Å². The lowest BCUT2D eigenvalue weighted by atomic mass is 10.4. The van der Waals surface area contributed by atoms with Crippen LogP contribution >= 0.6 is 0 Å². The molecule has 72 valence electrons. The van der Waals surface area contributed by atoms with Crippen molar-refractivity contribution in [2.45, 2.75) is 9.79 Å². The second kappa shape index (κ2) is 3.44. The first-order valence-electron chi connectivity index (χ1n) is 3.19. The van der Waals surface area contributed by atoms with E-state index < -0.39 is 20.7 Å². The van der Waals surface area contributed by atoms with E-state index in [9.17, 15) is 16.8 Å². The third kappa shape index (κ3) is 2.27. The molecule has 2 N–H and O–H groups in total. The van der Waals surface area contributed by atoms with Crippen LogP contribution in [0.4, 0.5) is 0 Å². The Hall–Kier alpha value is -0.920. The van der Waals surface area contributed by atoms with Gasteiger partial charge in [0.2, 0.25) is 10.0 Å². The standard InChI is InChI=1S/C6H7NO4S2/c7-13(10,11)6-4-2-1-3-5(6)12(8)9/h1-4,12H,(H2,7,10,11). The topological polar surface area (TPSA) is 94.3 Å². The van der Waals surface area contributed by atoms with Crippen molar-refractivity contribution >= 4 is 20.7 Å². The van der Waals surface area contributed by atoms with Crippen LogP contribution in [0.5, 0.6) is 0 Å². The number of primary sulfonamides is 1. The summed E-state index contributed by atoms with van der Waals surface area (Å²) in [5.41, 5.74) is 0. The Morgan fingerprint density at radius 2 is 1.69 bits per heavy atom. The molecule has 7 heteroatoms. The van der Waals surface area contributed by atoms with Crippen molar-refractivity contribution in [2.75, 3.05) is 0 Å². The van der Waals surface area contributed by atoms with E-state index in [1.54, 1.807) is 0 Å². The third-order valence-corrected chi connectivity index (χ3v) is 3.27. The van der Waals surface area contributed by atoms with Crippen molar-refractivity contribution in [1.82, 2.24) is 0 Å². The van der Waals surface area contributed by atoms with E-state index in [1.807, 2.05) is 0 Å².